The number of oxime groups is 1. The third kappa shape index (κ3) is 7.28. The lowest BCUT2D eigenvalue weighted by molar-refractivity contribution is 0.0401. The Morgan fingerprint density at radius 1 is 1.27 bits per heavy atom. The highest BCUT2D eigenvalue weighted by atomic mass is 35.5. The maximum Gasteiger partial charge on any atom is 0.144 e. The average molecular weight is 399 g/mol. The molecule has 0 bridgehead atoms. The molecule has 6 heteroatoms. The second-order valence-corrected chi connectivity index (χ2v) is 7.41. The van der Waals surface area contributed by atoms with Crippen molar-refractivity contribution in [1.82, 2.24) is 5.32 Å². The number of rotatable bonds is 9. The van der Waals surface area contributed by atoms with Gasteiger partial charge in [-0.15, -0.1) is 0 Å². The predicted molar refractivity (Wildman–Crippen MR) is 110 cm³/mol. The van der Waals surface area contributed by atoms with E-state index in [9.17, 15) is 5.11 Å². The van der Waals surface area contributed by atoms with Crippen molar-refractivity contribution < 1.29 is 9.94 Å². The van der Waals surface area contributed by atoms with E-state index in [1.54, 1.807) is 6.07 Å². The van der Waals surface area contributed by atoms with Crippen molar-refractivity contribution in [1.29, 1.82) is 0 Å². The Hall–Kier alpha value is -1.07. The fraction of sp³-hybridized carbons (Fsp3) is 0.550. The minimum atomic E-state index is -0.553. The number of benzene rings is 1. The molecule has 1 atom stereocenters. The number of hydrogen-bond donors (Lipinski definition) is 2. The molecule has 4 nitrogen and oxygen atoms in total. The molecule has 0 aromatic heterocycles. The van der Waals surface area contributed by atoms with Crippen molar-refractivity contribution in [3.63, 3.8) is 0 Å². The Morgan fingerprint density at radius 3 is 2.85 bits per heavy atom. The van der Waals surface area contributed by atoms with Gasteiger partial charge in [-0.2, -0.15) is 0 Å². The van der Waals surface area contributed by atoms with Crippen LogP contribution < -0.4 is 5.32 Å². The van der Waals surface area contributed by atoms with E-state index in [1.807, 2.05) is 12.1 Å². The highest BCUT2D eigenvalue weighted by molar-refractivity contribution is 6.42. The van der Waals surface area contributed by atoms with Gasteiger partial charge in [0.15, 0.2) is 0 Å². The average Bonchev–Trinajstić information content (AvgIpc) is 2.63. The molecule has 1 aliphatic carbocycles. The zero-order valence-electron chi connectivity index (χ0n) is 15.3. The van der Waals surface area contributed by atoms with E-state index >= 15 is 0 Å². The summed E-state index contributed by atoms with van der Waals surface area (Å²) in [6.45, 7) is 3.78. The highest BCUT2D eigenvalue weighted by Crippen LogP contribution is 2.27. The number of aliphatic hydroxyl groups is 1. The van der Waals surface area contributed by atoms with Crippen LogP contribution in [0.5, 0.6) is 0 Å². The number of nitrogens with one attached hydrogen (secondary N) is 1. The van der Waals surface area contributed by atoms with Crippen molar-refractivity contribution in [2.24, 2.45) is 5.16 Å². The standard InChI is InChI=1S/C20H28Cl2N2O2/c1-2-3-10-23-13-17(25)14-26-24-20-7-5-4-6-16(20)11-15-8-9-18(21)19(22)12-15/h8-9,11-12,17,23,25H,2-7,10,13-14H2,1H3/b16-11+,24-20+. The summed E-state index contributed by atoms with van der Waals surface area (Å²) in [7, 11) is 0. The molecular formula is C20H28Cl2N2O2. The zero-order valence-corrected chi connectivity index (χ0v) is 16.8. The molecule has 1 fully saturated rings. The van der Waals surface area contributed by atoms with Gasteiger partial charge in [-0.1, -0.05) is 47.8 Å². The number of nitrogens with zero attached hydrogens (tertiary/aromatic N) is 1. The van der Waals surface area contributed by atoms with Gasteiger partial charge in [0.2, 0.25) is 0 Å². The predicted octanol–water partition coefficient (Wildman–Crippen LogP) is 5.07. The fourth-order valence-corrected chi connectivity index (χ4v) is 3.11. The van der Waals surface area contributed by atoms with Gasteiger partial charge in [0, 0.05) is 6.54 Å². The lowest BCUT2D eigenvalue weighted by Crippen LogP contribution is -2.30. The van der Waals surface area contributed by atoms with E-state index in [2.05, 4.69) is 23.5 Å². The van der Waals surface area contributed by atoms with E-state index < -0.39 is 6.10 Å². The largest absolute Gasteiger partial charge is 0.393 e. The smallest absolute Gasteiger partial charge is 0.144 e. The fourth-order valence-electron chi connectivity index (χ4n) is 2.81. The molecule has 0 saturated heterocycles. The number of allylic oxidation sites excluding steroid dienone is 1. The molecule has 0 heterocycles. The molecule has 1 aliphatic rings. The maximum atomic E-state index is 9.94. The maximum absolute atomic E-state index is 9.94. The summed E-state index contributed by atoms with van der Waals surface area (Å²) < 4.78 is 0. The monoisotopic (exact) mass is 398 g/mol. The summed E-state index contributed by atoms with van der Waals surface area (Å²) in [6, 6.07) is 5.60. The summed E-state index contributed by atoms with van der Waals surface area (Å²) >= 11 is 12.1. The minimum Gasteiger partial charge on any atom is -0.393 e. The van der Waals surface area contributed by atoms with Crippen molar-refractivity contribution in [2.45, 2.75) is 51.6 Å². The Balaban J connectivity index is 1.91. The lowest BCUT2D eigenvalue weighted by Gasteiger charge is -2.17. The van der Waals surface area contributed by atoms with Gasteiger partial charge in [-0.3, -0.25) is 0 Å². The van der Waals surface area contributed by atoms with Crippen LogP contribution in [0, 0.1) is 0 Å². The SMILES string of the molecule is CCCCNCC(O)CO/N=C1\CCCC\C1=C/c1ccc(Cl)c(Cl)c1. The number of hydrogen-bond acceptors (Lipinski definition) is 4. The van der Waals surface area contributed by atoms with E-state index in [4.69, 9.17) is 28.0 Å². The normalized spacial score (nSPS) is 19.1. The van der Waals surface area contributed by atoms with Crippen LogP contribution in [0.3, 0.4) is 0 Å². The third-order valence-electron chi connectivity index (χ3n) is 4.29. The quantitative estimate of drug-likeness (QED) is 0.450. The van der Waals surface area contributed by atoms with Gasteiger partial charge in [0.1, 0.15) is 12.7 Å². The molecule has 1 saturated carbocycles. The minimum absolute atomic E-state index is 0.197. The molecule has 1 unspecified atom stereocenters. The first-order chi connectivity index (χ1) is 12.6. The Bertz CT molecular complexity index is 632. The van der Waals surface area contributed by atoms with E-state index in [0.29, 0.717) is 16.6 Å². The molecule has 0 amide bonds. The van der Waals surface area contributed by atoms with Gasteiger partial charge in [0.25, 0.3) is 0 Å². The first kappa shape index (κ1) is 21.2. The summed E-state index contributed by atoms with van der Waals surface area (Å²) in [5.41, 5.74) is 3.11. The lowest BCUT2D eigenvalue weighted by atomic mass is 9.91. The van der Waals surface area contributed by atoms with E-state index in [-0.39, 0.29) is 6.61 Å². The molecule has 144 valence electrons. The summed E-state index contributed by atoms with van der Waals surface area (Å²) in [6.07, 6.45) is 7.87. The molecule has 26 heavy (non-hydrogen) atoms. The van der Waals surface area contributed by atoms with Gasteiger partial charge in [-0.05, 0) is 68.0 Å². The first-order valence-electron chi connectivity index (χ1n) is 9.33. The van der Waals surface area contributed by atoms with E-state index in [0.717, 1.165) is 61.9 Å². The second kappa shape index (κ2) is 11.6. The van der Waals surface area contributed by atoms with E-state index in [1.165, 1.54) is 0 Å². The Morgan fingerprint density at radius 2 is 2.08 bits per heavy atom. The van der Waals surface area contributed by atoms with Crippen LogP contribution in [0.15, 0.2) is 28.9 Å². The first-order valence-corrected chi connectivity index (χ1v) is 10.1. The zero-order chi connectivity index (χ0) is 18.8. The van der Waals surface area contributed by atoms with Gasteiger partial charge in [-0.25, -0.2) is 0 Å². The molecular weight excluding hydrogens is 371 g/mol. The summed E-state index contributed by atoms with van der Waals surface area (Å²) in [5, 5.41) is 18.5. The van der Waals surface area contributed by atoms with Gasteiger partial charge in [0.05, 0.1) is 15.8 Å². The van der Waals surface area contributed by atoms with Crippen LogP contribution in [0.4, 0.5) is 0 Å². The summed E-state index contributed by atoms with van der Waals surface area (Å²) in [4.78, 5) is 5.41. The molecule has 0 radical (unpaired) electrons. The highest BCUT2D eigenvalue weighted by Gasteiger charge is 2.15. The number of aliphatic hydroxyl groups excluding tert-OH is 1. The Labute approximate surface area is 166 Å². The molecule has 0 spiro atoms. The molecule has 1 aromatic carbocycles. The van der Waals surface area contributed by atoms with Crippen molar-refractivity contribution in [3.05, 3.63) is 39.4 Å². The number of halogens is 2. The van der Waals surface area contributed by atoms with Gasteiger partial charge >= 0.3 is 0 Å². The molecule has 2 N–H and O–H groups in total. The van der Waals surface area contributed by atoms with Crippen LogP contribution in [0.2, 0.25) is 10.0 Å². The van der Waals surface area contributed by atoms with Crippen LogP contribution in [-0.4, -0.2) is 36.6 Å². The van der Waals surface area contributed by atoms with Gasteiger partial charge < -0.3 is 15.3 Å². The van der Waals surface area contributed by atoms with Crippen molar-refractivity contribution in [2.75, 3.05) is 19.7 Å². The second-order valence-electron chi connectivity index (χ2n) is 6.60. The summed E-state index contributed by atoms with van der Waals surface area (Å²) in [5.74, 6) is 0. The topological polar surface area (TPSA) is 53.8 Å². The van der Waals surface area contributed by atoms with Crippen LogP contribution in [-0.2, 0) is 4.84 Å². The molecule has 0 aliphatic heterocycles. The molecule has 2 rings (SSSR count). The van der Waals surface area contributed by atoms with Crippen molar-refractivity contribution in [3.8, 4) is 0 Å². The van der Waals surface area contributed by atoms with Crippen LogP contribution >= 0.6 is 23.2 Å². The third-order valence-corrected chi connectivity index (χ3v) is 5.03. The van der Waals surface area contributed by atoms with Crippen molar-refractivity contribution >= 4 is 35.0 Å². The van der Waals surface area contributed by atoms with Crippen LogP contribution in [0.25, 0.3) is 6.08 Å². The Kier molecular flexibility index (Phi) is 9.48. The number of unbranched alkanes of at least 4 members (excludes halogenated alkanes) is 1. The van der Waals surface area contributed by atoms with Crippen LogP contribution in [0.1, 0.15) is 51.0 Å². The molecule has 1 aromatic rings.